The maximum Gasteiger partial charge on any atom is 0.483 e. The Labute approximate surface area is 201 Å². The number of hydrogen-bond acceptors (Lipinski definition) is 15. The van der Waals surface area contributed by atoms with Crippen molar-refractivity contribution in [1.82, 2.24) is 9.55 Å². The summed E-state index contributed by atoms with van der Waals surface area (Å²) in [4.78, 5) is 44.7. The number of rotatable bonds is 9. The lowest BCUT2D eigenvalue weighted by Crippen LogP contribution is -2.62. The molecule has 1 aromatic heterocycles. The van der Waals surface area contributed by atoms with Crippen LogP contribution in [-0.4, -0.2) is 102 Å². The minimum Gasteiger partial charge on any atom is -0.388 e. The van der Waals surface area contributed by atoms with Gasteiger partial charge in [-0.2, -0.15) is 4.31 Å². The molecule has 206 valence electrons. The normalized spacial score (nSPS) is 38.4. The van der Waals surface area contributed by atoms with Crippen molar-refractivity contribution in [2.45, 2.75) is 55.2 Å². The first-order valence-electron chi connectivity index (χ1n) is 10.2. The summed E-state index contributed by atoms with van der Waals surface area (Å²) in [5.41, 5.74) is 9.24. The molecule has 0 radical (unpaired) electrons. The first kappa shape index (κ1) is 29.2. The summed E-state index contributed by atoms with van der Waals surface area (Å²) in [6.07, 6.45) is -12.0. The van der Waals surface area contributed by atoms with Gasteiger partial charge in [-0.3, -0.25) is 23.4 Å². The molecule has 0 aromatic carbocycles. The van der Waals surface area contributed by atoms with Crippen LogP contribution in [0.15, 0.2) is 21.9 Å². The first-order valence-corrected chi connectivity index (χ1v) is 13.1. The van der Waals surface area contributed by atoms with E-state index in [0.29, 0.717) is 0 Å². The molecule has 1 aromatic rings. The van der Waals surface area contributed by atoms with Gasteiger partial charge in [0, 0.05) is 18.8 Å². The van der Waals surface area contributed by atoms with Crippen LogP contribution < -0.4 is 22.7 Å². The van der Waals surface area contributed by atoms with Gasteiger partial charge in [0.05, 0.1) is 12.6 Å². The number of nitrogens with one attached hydrogen (secondary N) is 1. The van der Waals surface area contributed by atoms with Gasteiger partial charge in [-0.25, -0.2) is 13.9 Å². The van der Waals surface area contributed by atoms with Crippen LogP contribution in [0.25, 0.3) is 0 Å². The number of aromatic nitrogens is 2. The van der Waals surface area contributed by atoms with E-state index in [1.807, 2.05) is 4.98 Å². The summed E-state index contributed by atoms with van der Waals surface area (Å²) < 4.78 is 48.8. The summed E-state index contributed by atoms with van der Waals surface area (Å²) in [5.74, 6) is 0. The fraction of sp³-hybridized carbons (Fsp3) is 0.733. The van der Waals surface area contributed by atoms with E-state index in [9.17, 15) is 48.9 Å². The highest BCUT2D eigenvalue weighted by molar-refractivity contribution is 7.61. The molecular weight excluding hydrogens is 538 g/mol. The zero-order valence-corrected chi connectivity index (χ0v) is 19.9. The van der Waals surface area contributed by atoms with Crippen LogP contribution in [0.5, 0.6) is 0 Å². The van der Waals surface area contributed by atoms with E-state index in [1.54, 1.807) is 0 Å². The molecule has 5 unspecified atom stereocenters. The van der Waals surface area contributed by atoms with Crippen molar-refractivity contribution in [3.05, 3.63) is 33.1 Å². The van der Waals surface area contributed by atoms with Crippen molar-refractivity contribution in [1.29, 1.82) is 0 Å². The van der Waals surface area contributed by atoms with Gasteiger partial charge in [0.2, 0.25) is 0 Å². The minimum atomic E-state index is -5.47. The summed E-state index contributed by atoms with van der Waals surface area (Å²) in [7, 11) is -10.9. The van der Waals surface area contributed by atoms with Gasteiger partial charge in [-0.1, -0.05) is 0 Å². The number of hydrogen-bond donors (Lipinski definition) is 9. The Morgan fingerprint density at radius 3 is 2.25 bits per heavy atom. The van der Waals surface area contributed by atoms with Crippen LogP contribution in [0.3, 0.4) is 0 Å². The van der Waals surface area contributed by atoms with E-state index in [4.69, 9.17) is 20.9 Å². The third-order valence-electron chi connectivity index (χ3n) is 5.29. The number of aliphatic hydroxyl groups excluding tert-OH is 4. The van der Waals surface area contributed by atoms with Gasteiger partial charge >= 0.3 is 21.3 Å². The number of phosphoric acid groups is 2. The minimum absolute atomic E-state index is 0.343. The molecule has 11 N–H and O–H groups in total. The molecule has 0 spiro atoms. The van der Waals surface area contributed by atoms with Gasteiger partial charge in [0.1, 0.15) is 36.6 Å². The third kappa shape index (κ3) is 6.54. The lowest BCUT2D eigenvalue weighted by atomic mass is 9.98. The Hall–Kier alpha value is -1.38. The molecule has 21 heteroatoms. The van der Waals surface area contributed by atoms with Crippen molar-refractivity contribution < 1.29 is 62.2 Å². The number of phosphoric ester groups is 2. The van der Waals surface area contributed by atoms with Crippen molar-refractivity contribution >= 4 is 15.6 Å². The molecule has 0 bridgehead atoms. The highest BCUT2D eigenvalue weighted by atomic mass is 31.3. The van der Waals surface area contributed by atoms with Gasteiger partial charge in [-0.15, -0.1) is 0 Å². The Kier molecular flexibility index (Phi) is 9.05. The van der Waals surface area contributed by atoms with Crippen LogP contribution in [0, 0.1) is 0 Å². The molecule has 2 fully saturated rings. The third-order valence-corrected chi connectivity index (χ3v) is 7.89. The van der Waals surface area contributed by atoms with E-state index in [2.05, 4.69) is 13.4 Å². The molecular formula is C15H26N4O15P2. The van der Waals surface area contributed by atoms with E-state index < -0.39 is 88.7 Å². The van der Waals surface area contributed by atoms with Gasteiger partial charge in [0.25, 0.3) is 5.56 Å². The SMILES string of the molecule is NCC1O[C@H](O[P@@](=O)(O)O[P@@](=O)(O)OC[C@H]2O[C@@H](n3ccc(=O)[nH]c3=O)C(O)C2O)C(N)C(O)[C@@H]1O. The van der Waals surface area contributed by atoms with Gasteiger partial charge in [0.15, 0.2) is 12.5 Å². The van der Waals surface area contributed by atoms with E-state index in [1.165, 1.54) is 0 Å². The van der Waals surface area contributed by atoms with Gasteiger partial charge < -0.3 is 51.2 Å². The molecule has 2 aliphatic heterocycles. The molecule has 3 heterocycles. The van der Waals surface area contributed by atoms with E-state index >= 15 is 0 Å². The fourth-order valence-corrected chi connectivity index (χ4v) is 5.61. The number of aromatic amines is 1. The lowest BCUT2D eigenvalue weighted by Gasteiger charge is -2.40. The fourth-order valence-electron chi connectivity index (χ4n) is 3.44. The average Bonchev–Trinajstić information content (AvgIpc) is 3.06. The molecule has 0 saturated carbocycles. The summed E-state index contributed by atoms with van der Waals surface area (Å²) in [6, 6.07) is -0.637. The topological polar surface area (TPSA) is 309 Å². The second-order valence-electron chi connectivity index (χ2n) is 7.82. The number of aliphatic hydroxyl groups is 4. The molecule has 36 heavy (non-hydrogen) atoms. The van der Waals surface area contributed by atoms with Crippen LogP contribution >= 0.6 is 15.6 Å². The largest absolute Gasteiger partial charge is 0.483 e. The zero-order chi connectivity index (χ0) is 27.0. The summed E-state index contributed by atoms with van der Waals surface area (Å²) >= 11 is 0. The average molecular weight is 564 g/mol. The van der Waals surface area contributed by atoms with Crippen LogP contribution in [0.1, 0.15) is 6.23 Å². The maximum absolute atomic E-state index is 12.2. The van der Waals surface area contributed by atoms with E-state index in [-0.39, 0.29) is 6.54 Å². The summed E-state index contributed by atoms with van der Waals surface area (Å²) in [6.45, 7) is -1.33. The second-order valence-corrected chi connectivity index (χ2v) is 10.8. The quantitative estimate of drug-likeness (QED) is 0.127. The molecule has 2 aliphatic rings. The Morgan fingerprint density at radius 2 is 1.64 bits per heavy atom. The Bertz CT molecular complexity index is 1130. The number of H-pyrrole nitrogens is 1. The lowest BCUT2D eigenvalue weighted by molar-refractivity contribution is -0.232. The summed E-state index contributed by atoms with van der Waals surface area (Å²) in [5, 5.41) is 40.0. The maximum atomic E-state index is 12.2. The van der Waals surface area contributed by atoms with Crippen LogP contribution in [-0.2, 0) is 32.0 Å². The molecule has 2 saturated heterocycles. The predicted molar refractivity (Wildman–Crippen MR) is 113 cm³/mol. The second kappa shape index (κ2) is 11.2. The standard InChI is InChI=1S/C15H26N4O15P2/c16-3-5-9(21)11(23)8(17)14(32-5)33-36(28,29)34-35(26,27)30-4-6-10(22)12(24)13(31-6)19-2-1-7(20)18-15(19)25/h1-2,5-6,8-14,21-24H,3-4,16-17H2,(H,26,27)(H,28,29)(H,18,20,25)/t5?,6-,8?,9-,10?,11?,12?,13-,14-/m1/s1. The molecule has 0 amide bonds. The van der Waals surface area contributed by atoms with Gasteiger partial charge in [-0.05, 0) is 0 Å². The van der Waals surface area contributed by atoms with E-state index in [0.717, 1.165) is 16.8 Å². The van der Waals surface area contributed by atoms with Crippen molar-refractivity contribution in [2.24, 2.45) is 11.5 Å². The number of nitrogens with zero attached hydrogens (tertiary/aromatic N) is 1. The van der Waals surface area contributed by atoms with Crippen molar-refractivity contribution in [2.75, 3.05) is 13.2 Å². The molecule has 19 nitrogen and oxygen atoms in total. The predicted octanol–water partition coefficient (Wildman–Crippen LogP) is -4.86. The molecule has 0 aliphatic carbocycles. The first-order chi connectivity index (χ1) is 16.7. The van der Waals surface area contributed by atoms with Crippen LogP contribution in [0.2, 0.25) is 0 Å². The zero-order valence-electron chi connectivity index (χ0n) is 18.1. The number of ether oxygens (including phenoxy) is 2. The Morgan fingerprint density at radius 1 is 1.00 bits per heavy atom. The molecule has 11 atom stereocenters. The smallest absolute Gasteiger partial charge is 0.388 e. The van der Waals surface area contributed by atoms with Crippen molar-refractivity contribution in [3.63, 3.8) is 0 Å². The highest BCUT2D eigenvalue weighted by Gasteiger charge is 2.49. The monoisotopic (exact) mass is 564 g/mol. The van der Waals surface area contributed by atoms with Crippen molar-refractivity contribution in [3.8, 4) is 0 Å². The highest BCUT2D eigenvalue weighted by Crippen LogP contribution is 2.61. The Balaban J connectivity index is 1.61. The number of nitrogens with two attached hydrogens (primary N) is 2. The molecule has 3 rings (SSSR count). The van der Waals surface area contributed by atoms with Crippen LogP contribution in [0.4, 0.5) is 0 Å².